The van der Waals surface area contributed by atoms with Gasteiger partial charge in [-0.05, 0) is 62.7 Å². The van der Waals surface area contributed by atoms with Gasteiger partial charge in [-0.25, -0.2) is 8.42 Å². The van der Waals surface area contributed by atoms with Crippen molar-refractivity contribution < 1.29 is 8.42 Å². The van der Waals surface area contributed by atoms with E-state index in [4.69, 9.17) is 0 Å². The molecule has 0 aliphatic rings. The molecule has 2 aromatic carbocycles. The molecule has 0 radical (unpaired) electrons. The number of hydrogen-bond acceptors (Lipinski definition) is 3. The second-order valence-electron chi connectivity index (χ2n) is 5.30. The van der Waals surface area contributed by atoms with E-state index in [9.17, 15) is 8.42 Å². The van der Waals surface area contributed by atoms with E-state index in [1.54, 1.807) is 30.3 Å². The van der Waals surface area contributed by atoms with Crippen molar-refractivity contribution in [3.05, 3.63) is 54.1 Å². The van der Waals surface area contributed by atoms with Gasteiger partial charge in [0.2, 0.25) is 0 Å². The third kappa shape index (κ3) is 4.23. The minimum Gasteiger partial charge on any atom is -0.383 e. The first-order valence-electron chi connectivity index (χ1n) is 6.83. The Bertz CT molecular complexity index is 707. The van der Waals surface area contributed by atoms with E-state index in [0.717, 1.165) is 11.3 Å². The summed E-state index contributed by atoms with van der Waals surface area (Å²) in [5.41, 5.74) is 2.42. The van der Waals surface area contributed by atoms with Crippen molar-refractivity contribution in [1.29, 1.82) is 0 Å². The van der Waals surface area contributed by atoms with Gasteiger partial charge in [0.15, 0.2) is 0 Å². The molecular weight excluding hydrogens is 284 g/mol. The highest BCUT2D eigenvalue weighted by molar-refractivity contribution is 7.92. The van der Waals surface area contributed by atoms with E-state index in [1.807, 2.05) is 39.0 Å². The third-order valence-electron chi connectivity index (χ3n) is 2.89. The van der Waals surface area contributed by atoms with Crippen molar-refractivity contribution in [3.8, 4) is 0 Å². The van der Waals surface area contributed by atoms with Gasteiger partial charge in [-0.2, -0.15) is 0 Å². The number of anilines is 2. The van der Waals surface area contributed by atoms with Crippen molar-refractivity contribution in [2.75, 3.05) is 10.0 Å². The van der Waals surface area contributed by atoms with Crippen LogP contribution in [-0.4, -0.2) is 14.5 Å². The fraction of sp³-hybridized carbons (Fsp3) is 0.250. The molecule has 0 spiro atoms. The van der Waals surface area contributed by atoms with Crippen LogP contribution in [0, 0.1) is 6.92 Å². The Labute approximate surface area is 126 Å². The zero-order valence-electron chi connectivity index (χ0n) is 12.4. The normalized spacial score (nSPS) is 11.4. The lowest BCUT2D eigenvalue weighted by atomic mass is 10.2. The van der Waals surface area contributed by atoms with Gasteiger partial charge in [0.25, 0.3) is 10.0 Å². The van der Waals surface area contributed by atoms with E-state index in [-0.39, 0.29) is 4.90 Å². The molecule has 5 heteroatoms. The van der Waals surface area contributed by atoms with Crippen molar-refractivity contribution in [2.45, 2.75) is 31.7 Å². The van der Waals surface area contributed by atoms with Crippen LogP contribution in [0.2, 0.25) is 0 Å². The maximum Gasteiger partial charge on any atom is 0.261 e. The van der Waals surface area contributed by atoms with Crippen molar-refractivity contribution in [3.63, 3.8) is 0 Å². The Hall–Kier alpha value is -2.01. The number of nitrogens with one attached hydrogen (secondary N) is 2. The quantitative estimate of drug-likeness (QED) is 0.887. The monoisotopic (exact) mass is 304 g/mol. The zero-order chi connectivity index (χ0) is 15.5. The van der Waals surface area contributed by atoms with Gasteiger partial charge in [-0.15, -0.1) is 0 Å². The lowest BCUT2D eigenvalue weighted by Gasteiger charge is -2.12. The molecule has 2 rings (SSSR count). The van der Waals surface area contributed by atoms with Crippen LogP contribution in [0.5, 0.6) is 0 Å². The fourth-order valence-corrected chi connectivity index (χ4v) is 3.13. The van der Waals surface area contributed by atoms with Gasteiger partial charge in [-0.3, -0.25) is 4.72 Å². The van der Waals surface area contributed by atoms with E-state index >= 15 is 0 Å². The summed E-state index contributed by atoms with van der Waals surface area (Å²) in [6.07, 6.45) is 0. The summed E-state index contributed by atoms with van der Waals surface area (Å²) in [5, 5.41) is 3.26. The third-order valence-corrected chi connectivity index (χ3v) is 4.27. The minimum atomic E-state index is -3.54. The Morgan fingerprint density at radius 1 is 0.952 bits per heavy atom. The first-order chi connectivity index (χ1) is 9.87. The molecule has 2 aromatic rings. The smallest absolute Gasteiger partial charge is 0.261 e. The summed E-state index contributed by atoms with van der Waals surface area (Å²) < 4.78 is 27.2. The standard InChI is InChI=1S/C16H20N2O2S/c1-12(2)17-14-7-9-15(10-8-14)18-21(19,20)16-6-4-5-13(3)11-16/h4-12,17-18H,1-3H3. The first-order valence-corrected chi connectivity index (χ1v) is 8.31. The SMILES string of the molecule is Cc1cccc(S(=O)(=O)Nc2ccc(NC(C)C)cc2)c1. The maximum atomic E-state index is 12.3. The molecule has 0 aliphatic heterocycles. The molecule has 0 aliphatic carbocycles. The topological polar surface area (TPSA) is 58.2 Å². The molecule has 2 N–H and O–H groups in total. The second kappa shape index (κ2) is 6.18. The van der Waals surface area contributed by atoms with Gasteiger partial charge in [0, 0.05) is 17.4 Å². The minimum absolute atomic E-state index is 0.270. The molecule has 0 heterocycles. The van der Waals surface area contributed by atoms with E-state index in [1.165, 1.54) is 0 Å². The molecule has 0 fully saturated rings. The Kier molecular flexibility index (Phi) is 4.53. The van der Waals surface area contributed by atoms with Crippen LogP contribution in [0.1, 0.15) is 19.4 Å². The average Bonchev–Trinajstić information content (AvgIpc) is 2.40. The van der Waals surface area contributed by atoms with Gasteiger partial charge in [-0.1, -0.05) is 12.1 Å². The van der Waals surface area contributed by atoms with Gasteiger partial charge >= 0.3 is 0 Å². The summed E-state index contributed by atoms with van der Waals surface area (Å²) in [7, 11) is -3.54. The number of rotatable bonds is 5. The van der Waals surface area contributed by atoms with E-state index < -0.39 is 10.0 Å². The van der Waals surface area contributed by atoms with Crippen LogP contribution in [0.3, 0.4) is 0 Å². The van der Waals surface area contributed by atoms with Crippen LogP contribution < -0.4 is 10.0 Å². The largest absolute Gasteiger partial charge is 0.383 e. The number of aryl methyl sites for hydroxylation is 1. The van der Waals surface area contributed by atoms with Crippen molar-refractivity contribution >= 4 is 21.4 Å². The van der Waals surface area contributed by atoms with Crippen LogP contribution in [0.25, 0.3) is 0 Å². The Morgan fingerprint density at radius 3 is 2.14 bits per heavy atom. The molecule has 112 valence electrons. The highest BCUT2D eigenvalue weighted by Crippen LogP contribution is 2.19. The Balaban J connectivity index is 2.17. The number of benzene rings is 2. The summed E-state index contributed by atoms with van der Waals surface area (Å²) >= 11 is 0. The lowest BCUT2D eigenvalue weighted by Crippen LogP contribution is -2.13. The molecule has 0 unspecified atom stereocenters. The summed E-state index contributed by atoms with van der Waals surface area (Å²) in [6, 6.07) is 14.4. The molecule has 4 nitrogen and oxygen atoms in total. The van der Waals surface area contributed by atoms with Gasteiger partial charge < -0.3 is 5.32 Å². The van der Waals surface area contributed by atoms with Gasteiger partial charge in [0.05, 0.1) is 4.90 Å². The average molecular weight is 304 g/mol. The summed E-state index contributed by atoms with van der Waals surface area (Å²) in [4.78, 5) is 0.270. The van der Waals surface area contributed by atoms with Gasteiger partial charge in [0.1, 0.15) is 0 Å². The number of sulfonamides is 1. The van der Waals surface area contributed by atoms with E-state index in [0.29, 0.717) is 11.7 Å². The van der Waals surface area contributed by atoms with Crippen LogP contribution >= 0.6 is 0 Å². The highest BCUT2D eigenvalue weighted by Gasteiger charge is 2.13. The highest BCUT2D eigenvalue weighted by atomic mass is 32.2. The molecule has 0 bridgehead atoms. The predicted octanol–water partition coefficient (Wildman–Crippen LogP) is 3.62. The predicted molar refractivity (Wildman–Crippen MR) is 87.2 cm³/mol. The zero-order valence-corrected chi connectivity index (χ0v) is 13.2. The molecule has 0 amide bonds. The molecule has 0 saturated heterocycles. The second-order valence-corrected chi connectivity index (χ2v) is 6.98. The van der Waals surface area contributed by atoms with Crippen LogP contribution in [0.4, 0.5) is 11.4 Å². The van der Waals surface area contributed by atoms with Crippen molar-refractivity contribution in [1.82, 2.24) is 0 Å². The number of hydrogen-bond donors (Lipinski definition) is 2. The maximum absolute atomic E-state index is 12.3. The Morgan fingerprint density at radius 2 is 1.57 bits per heavy atom. The van der Waals surface area contributed by atoms with Crippen molar-refractivity contribution in [2.24, 2.45) is 0 Å². The van der Waals surface area contributed by atoms with E-state index in [2.05, 4.69) is 10.0 Å². The molecule has 0 saturated carbocycles. The molecule has 0 atom stereocenters. The summed E-state index contributed by atoms with van der Waals surface area (Å²) in [6.45, 7) is 5.97. The molecular formula is C16H20N2O2S. The summed E-state index contributed by atoms with van der Waals surface area (Å²) in [5.74, 6) is 0. The molecule has 0 aromatic heterocycles. The fourth-order valence-electron chi connectivity index (χ4n) is 1.96. The molecule has 21 heavy (non-hydrogen) atoms. The van der Waals surface area contributed by atoms with Crippen LogP contribution in [0.15, 0.2) is 53.4 Å². The van der Waals surface area contributed by atoms with Crippen LogP contribution in [-0.2, 0) is 10.0 Å². The lowest BCUT2D eigenvalue weighted by molar-refractivity contribution is 0.601. The first kappa shape index (κ1) is 15.4.